The standard InChI is InChI=1S/C19H25N5O2/c25-17-5-2-1-4-16(17)22-12-14-23(15-13-22)18(26)19(6-9-20-10-7-19)24-11-3-8-21-24/h1-5,8,11,20,25H,6-7,9-10,12-15H2. The molecule has 7 heteroatoms. The van der Waals surface area contributed by atoms with Crippen LogP contribution in [0.3, 0.4) is 0 Å². The topological polar surface area (TPSA) is 73.6 Å². The van der Waals surface area contributed by atoms with E-state index in [1.54, 1.807) is 12.3 Å². The number of hydrogen-bond acceptors (Lipinski definition) is 5. The number of phenols is 1. The number of carbonyl (C=O) groups excluding carboxylic acids is 1. The average molecular weight is 355 g/mol. The van der Waals surface area contributed by atoms with Gasteiger partial charge in [0.2, 0.25) is 0 Å². The van der Waals surface area contributed by atoms with Crippen molar-refractivity contribution < 1.29 is 9.90 Å². The molecule has 4 rings (SSSR count). The first-order chi connectivity index (χ1) is 12.7. The number of rotatable bonds is 3. The Kier molecular flexibility index (Phi) is 4.55. The SMILES string of the molecule is O=C(N1CCN(c2ccccc2O)CC1)C1(n2cccn2)CCNCC1. The minimum absolute atomic E-state index is 0.166. The zero-order chi connectivity index (χ0) is 18.0. The molecule has 2 saturated heterocycles. The molecule has 2 N–H and O–H groups in total. The summed E-state index contributed by atoms with van der Waals surface area (Å²) in [7, 11) is 0. The van der Waals surface area contributed by atoms with Crippen LogP contribution in [0.4, 0.5) is 5.69 Å². The minimum atomic E-state index is -0.578. The van der Waals surface area contributed by atoms with Crippen LogP contribution in [0.15, 0.2) is 42.7 Å². The maximum absolute atomic E-state index is 13.5. The van der Waals surface area contributed by atoms with Crippen molar-refractivity contribution in [3.05, 3.63) is 42.7 Å². The average Bonchev–Trinajstić information content (AvgIpc) is 3.24. The fourth-order valence-corrected chi connectivity index (χ4v) is 4.08. The third-order valence-corrected chi connectivity index (χ3v) is 5.56. The molecule has 0 aliphatic carbocycles. The number of nitrogens with one attached hydrogen (secondary N) is 1. The van der Waals surface area contributed by atoms with E-state index in [0.29, 0.717) is 18.8 Å². The van der Waals surface area contributed by atoms with E-state index >= 15 is 0 Å². The number of phenolic OH excluding ortho intramolecular Hbond substituents is 1. The lowest BCUT2D eigenvalue weighted by Crippen LogP contribution is -2.59. The molecule has 0 saturated carbocycles. The van der Waals surface area contributed by atoms with Crippen molar-refractivity contribution in [2.45, 2.75) is 18.4 Å². The third-order valence-electron chi connectivity index (χ3n) is 5.56. The van der Waals surface area contributed by atoms with Crippen molar-refractivity contribution in [1.29, 1.82) is 0 Å². The number of aromatic hydroxyl groups is 1. The molecular formula is C19H25N5O2. The third kappa shape index (κ3) is 2.92. The maximum atomic E-state index is 13.5. The molecule has 2 fully saturated rings. The van der Waals surface area contributed by atoms with Crippen LogP contribution < -0.4 is 10.2 Å². The molecule has 0 unspecified atom stereocenters. The first-order valence-corrected chi connectivity index (χ1v) is 9.24. The van der Waals surface area contributed by atoms with Crippen LogP contribution in [-0.4, -0.2) is 65.0 Å². The Bertz CT molecular complexity index is 747. The van der Waals surface area contributed by atoms with Gasteiger partial charge in [-0.05, 0) is 44.1 Å². The first kappa shape index (κ1) is 16.9. The molecule has 2 aliphatic rings. The molecule has 1 aromatic heterocycles. The number of anilines is 1. The second kappa shape index (κ2) is 6.99. The molecule has 7 nitrogen and oxygen atoms in total. The molecule has 2 aromatic rings. The molecule has 0 radical (unpaired) electrons. The summed E-state index contributed by atoms with van der Waals surface area (Å²) in [5, 5.41) is 17.8. The van der Waals surface area contributed by atoms with Gasteiger partial charge in [0.25, 0.3) is 5.91 Å². The quantitative estimate of drug-likeness (QED) is 0.860. The number of para-hydroxylation sites is 2. The summed E-state index contributed by atoms with van der Waals surface area (Å²) in [5.74, 6) is 0.457. The fourth-order valence-electron chi connectivity index (χ4n) is 4.08. The van der Waals surface area contributed by atoms with Crippen molar-refractivity contribution in [2.24, 2.45) is 0 Å². The van der Waals surface area contributed by atoms with Gasteiger partial charge >= 0.3 is 0 Å². The predicted octanol–water partition coefficient (Wildman–Crippen LogP) is 1.02. The lowest BCUT2D eigenvalue weighted by atomic mass is 9.86. The van der Waals surface area contributed by atoms with Crippen molar-refractivity contribution >= 4 is 11.6 Å². The van der Waals surface area contributed by atoms with Crippen LogP contribution in [0, 0.1) is 0 Å². The van der Waals surface area contributed by atoms with Gasteiger partial charge in [0.1, 0.15) is 11.3 Å². The number of piperidine rings is 1. The highest BCUT2D eigenvalue weighted by atomic mass is 16.3. The predicted molar refractivity (Wildman–Crippen MR) is 99.2 cm³/mol. The molecule has 0 atom stereocenters. The van der Waals surface area contributed by atoms with E-state index in [1.807, 2.05) is 40.0 Å². The molecular weight excluding hydrogens is 330 g/mol. The second-order valence-electron chi connectivity index (χ2n) is 7.00. The summed E-state index contributed by atoms with van der Waals surface area (Å²) in [6.45, 7) is 4.40. The Hall–Kier alpha value is -2.54. The van der Waals surface area contributed by atoms with Gasteiger partial charge in [-0.25, -0.2) is 0 Å². The Morgan fingerprint density at radius 1 is 1.08 bits per heavy atom. The molecule has 0 spiro atoms. The number of nitrogens with zero attached hydrogens (tertiary/aromatic N) is 4. The van der Waals surface area contributed by atoms with Crippen molar-refractivity contribution in [3.8, 4) is 5.75 Å². The number of carbonyl (C=O) groups is 1. The number of aromatic nitrogens is 2. The normalized spacial score (nSPS) is 20.2. The van der Waals surface area contributed by atoms with Gasteiger partial charge in [0, 0.05) is 38.6 Å². The number of benzene rings is 1. The molecule has 0 bridgehead atoms. The van der Waals surface area contributed by atoms with E-state index in [0.717, 1.165) is 44.7 Å². The van der Waals surface area contributed by atoms with Gasteiger partial charge in [0.15, 0.2) is 0 Å². The van der Waals surface area contributed by atoms with Gasteiger partial charge in [-0.1, -0.05) is 12.1 Å². The molecule has 1 amide bonds. The summed E-state index contributed by atoms with van der Waals surface area (Å²) in [4.78, 5) is 17.6. The molecule has 2 aliphatic heterocycles. The minimum Gasteiger partial charge on any atom is -0.506 e. The van der Waals surface area contributed by atoms with Crippen molar-refractivity contribution in [3.63, 3.8) is 0 Å². The van der Waals surface area contributed by atoms with Gasteiger partial charge in [-0.15, -0.1) is 0 Å². The summed E-state index contributed by atoms with van der Waals surface area (Å²) in [6, 6.07) is 9.25. The second-order valence-corrected chi connectivity index (χ2v) is 7.00. The zero-order valence-electron chi connectivity index (χ0n) is 14.8. The highest BCUT2D eigenvalue weighted by Gasteiger charge is 2.44. The van der Waals surface area contributed by atoms with Crippen LogP contribution in [0.1, 0.15) is 12.8 Å². The van der Waals surface area contributed by atoms with Crippen molar-refractivity contribution in [1.82, 2.24) is 20.0 Å². The lowest BCUT2D eigenvalue weighted by Gasteiger charge is -2.43. The van der Waals surface area contributed by atoms with Crippen LogP contribution in [-0.2, 0) is 10.3 Å². The van der Waals surface area contributed by atoms with E-state index in [9.17, 15) is 9.90 Å². The van der Waals surface area contributed by atoms with E-state index in [2.05, 4.69) is 15.3 Å². The molecule has 1 aromatic carbocycles. The highest BCUT2D eigenvalue weighted by molar-refractivity contribution is 5.85. The summed E-state index contributed by atoms with van der Waals surface area (Å²) >= 11 is 0. The fraction of sp³-hybridized carbons (Fsp3) is 0.474. The Morgan fingerprint density at radius 3 is 2.46 bits per heavy atom. The molecule has 3 heterocycles. The smallest absolute Gasteiger partial charge is 0.250 e. The van der Waals surface area contributed by atoms with E-state index in [4.69, 9.17) is 0 Å². The monoisotopic (exact) mass is 355 g/mol. The number of piperazine rings is 1. The molecule has 26 heavy (non-hydrogen) atoms. The lowest BCUT2D eigenvalue weighted by molar-refractivity contribution is -0.143. The highest BCUT2D eigenvalue weighted by Crippen LogP contribution is 2.31. The Balaban J connectivity index is 1.49. The summed E-state index contributed by atoms with van der Waals surface area (Å²) in [6.07, 6.45) is 5.16. The van der Waals surface area contributed by atoms with Crippen LogP contribution in [0.5, 0.6) is 5.75 Å². The van der Waals surface area contributed by atoms with Crippen LogP contribution in [0.25, 0.3) is 0 Å². The molecule has 138 valence electrons. The van der Waals surface area contributed by atoms with Gasteiger partial charge < -0.3 is 20.2 Å². The zero-order valence-corrected chi connectivity index (χ0v) is 14.8. The van der Waals surface area contributed by atoms with Crippen LogP contribution in [0.2, 0.25) is 0 Å². The van der Waals surface area contributed by atoms with Gasteiger partial charge in [-0.2, -0.15) is 5.10 Å². The number of hydrogen-bond donors (Lipinski definition) is 2. The van der Waals surface area contributed by atoms with E-state index in [1.165, 1.54) is 0 Å². The van der Waals surface area contributed by atoms with Crippen LogP contribution >= 0.6 is 0 Å². The van der Waals surface area contributed by atoms with Gasteiger partial charge in [0.05, 0.1) is 5.69 Å². The Morgan fingerprint density at radius 2 is 1.81 bits per heavy atom. The Labute approximate surface area is 153 Å². The van der Waals surface area contributed by atoms with Crippen molar-refractivity contribution in [2.75, 3.05) is 44.2 Å². The van der Waals surface area contributed by atoms with E-state index < -0.39 is 5.54 Å². The number of amides is 1. The largest absolute Gasteiger partial charge is 0.506 e. The summed E-state index contributed by atoms with van der Waals surface area (Å²) in [5.41, 5.74) is 0.259. The maximum Gasteiger partial charge on any atom is 0.250 e. The first-order valence-electron chi connectivity index (χ1n) is 9.24. The van der Waals surface area contributed by atoms with Gasteiger partial charge in [-0.3, -0.25) is 9.48 Å². The van der Waals surface area contributed by atoms with E-state index in [-0.39, 0.29) is 5.91 Å². The summed E-state index contributed by atoms with van der Waals surface area (Å²) < 4.78 is 1.85.